The first-order valence-electron chi connectivity index (χ1n) is 4.98. The van der Waals surface area contributed by atoms with Crippen molar-refractivity contribution in [2.75, 3.05) is 5.88 Å². The fourth-order valence-electron chi connectivity index (χ4n) is 1.36. The average molecular weight is 230 g/mol. The molecule has 77 valence electrons. The van der Waals surface area contributed by atoms with Crippen LogP contribution in [0.3, 0.4) is 0 Å². The van der Waals surface area contributed by atoms with Crippen LogP contribution in [0.1, 0.15) is 24.8 Å². The van der Waals surface area contributed by atoms with E-state index in [1.165, 1.54) is 12.0 Å². The number of halogens is 2. The van der Waals surface area contributed by atoms with Gasteiger partial charge in [0.25, 0.3) is 0 Å². The number of hydrogen-bond acceptors (Lipinski definition) is 0. The summed E-state index contributed by atoms with van der Waals surface area (Å²) in [5.41, 5.74) is 1.35. The second-order valence-corrected chi connectivity index (χ2v) is 4.33. The van der Waals surface area contributed by atoms with E-state index in [9.17, 15) is 0 Å². The van der Waals surface area contributed by atoms with E-state index >= 15 is 0 Å². The highest BCUT2D eigenvalue weighted by atomic mass is 35.5. The van der Waals surface area contributed by atoms with Gasteiger partial charge in [0, 0.05) is 11.3 Å². The van der Waals surface area contributed by atoms with Gasteiger partial charge in [-0.3, -0.25) is 0 Å². The van der Waals surface area contributed by atoms with Gasteiger partial charge >= 0.3 is 0 Å². The van der Waals surface area contributed by atoms with Crippen LogP contribution in [0.4, 0.5) is 0 Å². The van der Waals surface area contributed by atoms with E-state index in [0.717, 1.165) is 19.3 Å². The van der Waals surface area contributed by atoms with Gasteiger partial charge in [0.15, 0.2) is 0 Å². The van der Waals surface area contributed by atoms with Gasteiger partial charge in [-0.15, -0.1) is 23.2 Å². The molecule has 0 N–H and O–H groups in total. The van der Waals surface area contributed by atoms with Crippen molar-refractivity contribution in [3.05, 3.63) is 35.9 Å². The number of aryl methyl sites for hydroxylation is 1. The van der Waals surface area contributed by atoms with Crippen LogP contribution in [0.25, 0.3) is 0 Å². The lowest BCUT2D eigenvalue weighted by Gasteiger charge is -2.04. The van der Waals surface area contributed by atoms with Crippen molar-refractivity contribution in [1.29, 1.82) is 0 Å². The van der Waals surface area contributed by atoms with Gasteiger partial charge in [0.2, 0.25) is 0 Å². The number of rotatable bonds is 6. The van der Waals surface area contributed by atoms with E-state index in [-0.39, 0.29) is 5.38 Å². The molecular formula is C12H15Cl2. The highest BCUT2D eigenvalue weighted by molar-refractivity contribution is 6.28. The molecule has 0 spiro atoms. The number of benzene rings is 1. The van der Waals surface area contributed by atoms with Crippen molar-refractivity contribution >= 4 is 23.2 Å². The van der Waals surface area contributed by atoms with E-state index in [2.05, 4.69) is 12.1 Å². The van der Waals surface area contributed by atoms with Crippen molar-refractivity contribution in [2.24, 2.45) is 0 Å². The maximum absolute atomic E-state index is 5.91. The standard InChI is InChI=1S/C12H15Cl2/c13-10-12(14)9-5-4-8-11-6-2-1-3-7-11/h1-2,6-7,12H,4-5,8-10H2. The zero-order valence-corrected chi connectivity index (χ0v) is 9.69. The normalized spacial score (nSPS) is 12.7. The second kappa shape index (κ2) is 7.14. The van der Waals surface area contributed by atoms with Crippen LogP contribution >= 0.6 is 23.2 Å². The molecule has 14 heavy (non-hydrogen) atoms. The summed E-state index contributed by atoms with van der Waals surface area (Å²) in [6.45, 7) is 0. The Balaban J connectivity index is 2.10. The first kappa shape index (κ1) is 11.9. The topological polar surface area (TPSA) is 0 Å². The van der Waals surface area contributed by atoms with E-state index < -0.39 is 0 Å². The molecule has 1 radical (unpaired) electrons. The zero-order chi connectivity index (χ0) is 10.2. The maximum atomic E-state index is 5.91. The molecule has 1 aromatic rings. The van der Waals surface area contributed by atoms with Crippen molar-refractivity contribution in [3.8, 4) is 0 Å². The van der Waals surface area contributed by atoms with Crippen LogP contribution in [0, 0.1) is 6.07 Å². The Morgan fingerprint density at radius 3 is 2.86 bits per heavy atom. The van der Waals surface area contributed by atoms with Gasteiger partial charge in [0.05, 0.1) is 0 Å². The van der Waals surface area contributed by atoms with E-state index in [4.69, 9.17) is 23.2 Å². The Bertz CT molecular complexity index is 233. The summed E-state index contributed by atoms with van der Waals surface area (Å²) in [6.07, 6.45) is 4.46. The number of unbranched alkanes of at least 4 members (excludes halogenated alkanes) is 1. The van der Waals surface area contributed by atoms with Crippen molar-refractivity contribution < 1.29 is 0 Å². The summed E-state index contributed by atoms with van der Waals surface area (Å²) in [5.74, 6) is 0.556. The fourth-order valence-corrected chi connectivity index (χ4v) is 1.67. The van der Waals surface area contributed by atoms with Gasteiger partial charge in [-0.1, -0.05) is 30.7 Å². The Hall–Kier alpha value is -0.200. The minimum Gasteiger partial charge on any atom is -0.125 e. The predicted octanol–water partition coefficient (Wildman–Crippen LogP) is 4.05. The first-order chi connectivity index (χ1) is 6.83. The lowest BCUT2D eigenvalue weighted by atomic mass is 10.1. The number of alkyl halides is 2. The Morgan fingerprint density at radius 1 is 1.36 bits per heavy atom. The summed E-state index contributed by atoms with van der Waals surface area (Å²) in [5, 5.41) is 0.138. The SMILES string of the molecule is ClCC(Cl)CCCCc1c[c]ccc1. The Labute approximate surface area is 96.2 Å². The molecule has 0 fully saturated rings. The molecule has 1 unspecified atom stereocenters. The van der Waals surface area contributed by atoms with Gasteiger partial charge in [-0.25, -0.2) is 0 Å². The molecule has 1 atom stereocenters. The molecule has 0 bridgehead atoms. The van der Waals surface area contributed by atoms with E-state index in [1.54, 1.807) is 0 Å². The third-order valence-electron chi connectivity index (χ3n) is 2.17. The van der Waals surface area contributed by atoms with Crippen LogP contribution in [-0.2, 0) is 6.42 Å². The van der Waals surface area contributed by atoms with Gasteiger partial charge in [-0.2, -0.15) is 0 Å². The lowest BCUT2D eigenvalue weighted by molar-refractivity contribution is 0.673. The third kappa shape index (κ3) is 4.88. The predicted molar refractivity (Wildman–Crippen MR) is 63.2 cm³/mol. The molecule has 1 rings (SSSR count). The second-order valence-electron chi connectivity index (χ2n) is 3.41. The molecule has 0 nitrogen and oxygen atoms in total. The molecule has 0 saturated carbocycles. The highest BCUT2D eigenvalue weighted by Gasteiger charge is 2.01. The summed E-state index contributed by atoms with van der Waals surface area (Å²) >= 11 is 11.5. The van der Waals surface area contributed by atoms with E-state index in [1.807, 2.05) is 18.2 Å². The van der Waals surface area contributed by atoms with E-state index in [0.29, 0.717) is 5.88 Å². The summed E-state index contributed by atoms with van der Waals surface area (Å²) in [7, 11) is 0. The summed E-state index contributed by atoms with van der Waals surface area (Å²) in [6, 6.07) is 11.2. The van der Waals surface area contributed by atoms with Crippen LogP contribution in [0.15, 0.2) is 24.3 Å². The van der Waals surface area contributed by atoms with Gasteiger partial charge < -0.3 is 0 Å². The van der Waals surface area contributed by atoms with Crippen molar-refractivity contribution in [3.63, 3.8) is 0 Å². The lowest BCUT2D eigenvalue weighted by Crippen LogP contribution is -1.99. The molecule has 0 aliphatic carbocycles. The highest BCUT2D eigenvalue weighted by Crippen LogP contribution is 2.11. The molecule has 0 heterocycles. The third-order valence-corrected chi connectivity index (χ3v) is 3.07. The van der Waals surface area contributed by atoms with Crippen molar-refractivity contribution in [2.45, 2.75) is 31.1 Å². The minimum absolute atomic E-state index is 0.138. The fraction of sp³-hybridized carbons (Fsp3) is 0.500. The summed E-state index contributed by atoms with van der Waals surface area (Å²) in [4.78, 5) is 0. The summed E-state index contributed by atoms with van der Waals surface area (Å²) < 4.78 is 0. The smallest absolute Gasteiger partial charge is 0.0471 e. The maximum Gasteiger partial charge on any atom is 0.0471 e. The molecular weight excluding hydrogens is 215 g/mol. The molecule has 0 aliphatic rings. The Morgan fingerprint density at radius 2 is 2.21 bits per heavy atom. The minimum atomic E-state index is 0.138. The number of hydrogen-bond donors (Lipinski definition) is 0. The van der Waals surface area contributed by atoms with Gasteiger partial charge in [0.1, 0.15) is 0 Å². The van der Waals surface area contributed by atoms with Crippen LogP contribution in [0.2, 0.25) is 0 Å². The molecule has 2 heteroatoms. The molecule has 0 aliphatic heterocycles. The molecule has 0 amide bonds. The average Bonchev–Trinajstić information content (AvgIpc) is 2.25. The monoisotopic (exact) mass is 229 g/mol. The first-order valence-corrected chi connectivity index (χ1v) is 5.95. The Kier molecular flexibility index (Phi) is 6.05. The molecule has 1 aromatic carbocycles. The largest absolute Gasteiger partial charge is 0.125 e. The van der Waals surface area contributed by atoms with Gasteiger partial charge in [-0.05, 0) is 30.9 Å². The molecule has 0 aromatic heterocycles. The van der Waals surface area contributed by atoms with Crippen LogP contribution in [0.5, 0.6) is 0 Å². The quantitative estimate of drug-likeness (QED) is 0.511. The van der Waals surface area contributed by atoms with Crippen molar-refractivity contribution in [1.82, 2.24) is 0 Å². The van der Waals surface area contributed by atoms with Crippen LogP contribution in [-0.4, -0.2) is 11.3 Å². The molecule has 0 saturated heterocycles. The van der Waals surface area contributed by atoms with Crippen LogP contribution < -0.4 is 0 Å². The zero-order valence-electron chi connectivity index (χ0n) is 8.18.